The van der Waals surface area contributed by atoms with Crippen molar-refractivity contribution >= 4 is 21.7 Å². The number of sulfonamides is 1. The molecule has 0 unspecified atom stereocenters. The highest BCUT2D eigenvalue weighted by atomic mass is 32.2. The molecule has 12 heteroatoms. The highest BCUT2D eigenvalue weighted by Gasteiger charge is 2.28. The molecule has 3 aromatic rings. The van der Waals surface area contributed by atoms with Crippen LogP contribution in [0.25, 0.3) is 11.3 Å². The molecule has 0 bridgehead atoms. The fourth-order valence-corrected chi connectivity index (χ4v) is 3.60. The topological polar surface area (TPSA) is 110 Å². The maximum Gasteiger partial charge on any atom is 0.405 e. The number of alkyl halides is 3. The van der Waals surface area contributed by atoms with E-state index in [1.807, 2.05) is 0 Å². The maximum absolute atomic E-state index is 12.6. The van der Waals surface area contributed by atoms with Crippen LogP contribution < -0.4 is 14.8 Å². The Balaban J connectivity index is 1.74. The molecule has 1 heterocycles. The second-order valence-corrected chi connectivity index (χ2v) is 8.13. The van der Waals surface area contributed by atoms with Gasteiger partial charge in [0.25, 0.3) is 15.9 Å². The van der Waals surface area contributed by atoms with Crippen LogP contribution in [0.15, 0.2) is 65.8 Å². The number of hydrogen-bond donors (Lipinski definition) is 2. The number of ether oxygens (including phenoxy) is 1. The lowest BCUT2D eigenvalue weighted by molar-refractivity contribution is -0.123. The predicted octanol–water partition coefficient (Wildman–Crippen LogP) is 3.25. The lowest BCUT2D eigenvalue weighted by atomic mass is 10.1. The largest absolute Gasteiger partial charge is 0.497 e. The van der Waals surface area contributed by atoms with Gasteiger partial charge in [-0.3, -0.25) is 9.52 Å². The average Bonchev–Trinajstić information content (AvgIpc) is 2.77. The van der Waals surface area contributed by atoms with Crippen molar-refractivity contribution in [3.63, 3.8) is 0 Å². The Morgan fingerprint density at radius 3 is 2.28 bits per heavy atom. The van der Waals surface area contributed by atoms with Gasteiger partial charge in [0.2, 0.25) is 0 Å². The van der Waals surface area contributed by atoms with Crippen LogP contribution in [0.3, 0.4) is 0 Å². The molecule has 0 aliphatic rings. The summed E-state index contributed by atoms with van der Waals surface area (Å²) in [6.45, 7) is -1.49. The van der Waals surface area contributed by atoms with Gasteiger partial charge < -0.3 is 10.1 Å². The summed E-state index contributed by atoms with van der Waals surface area (Å²) in [5, 5.41) is 1.71. The number of hydrogen-bond acceptors (Lipinski definition) is 6. The molecule has 0 fully saturated rings. The molecule has 1 aromatic heterocycles. The molecular weight excluding hydrogens is 449 g/mol. The predicted molar refractivity (Wildman–Crippen MR) is 110 cm³/mol. The van der Waals surface area contributed by atoms with Crippen molar-refractivity contribution in [2.75, 3.05) is 18.4 Å². The van der Waals surface area contributed by atoms with Gasteiger partial charge in [-0.2, -0.15) is 13.2 Å². The highest BCUT2D eigenvalue weighted by molar-refractivity contribution is 7.92. The highest BCUT2D eigenvalue weighted by Crippen LogP contribution is 2.23. The van der Waals surface area contributed by atoms with Crippen molar-refractivity contribution in [3.8, 4) is 17.0 Å². The Hall–Kier alpha value is -3.67. The van der Waals surface area contributed by atoms with Crippen LogP contribution in [-0.2, 0) is 10.0 Å². The number of anilines is 1. The van der Waals surface area contributed by atoms with Crippen LogP contribution in [0.4, 0.5) is 19.0 Å². The molecule has 0 aliphatic heterocycles. The van der Waals surface area contributed by atoms with Gasteiger partial charge in [0, 0.05) is 17.2 Å². The van der Waals surface area contributed by atoms with Gasteiger partial charge in [-0.25, -0.2) is 18.4 Å². The molecule has 0 radical (unpaired) electrons. The van der Waals surface area contributed by atoms with E-state index in [4.69, 9.17) is 4.74 Å². The third kappa shape index (κ3) is 5.94. The minimum Gasteiger partial charge on any atom is -0.497 e. The zero-order valence-electron chi connectivity index (χ0n) is 16.6. The summed E-state index contributed by atoms with van der Waals surface area (Å²) < 4.78 is 69.3. The SMILES string of the molecule is COc1ccc(-c2cc(NS(=O)(=O)c3ccc(C(=O)NCC(F)(F)F)cc3)ncn2)cc1. The van der Waals surface area contributed by atoms with Crippen LogP contribution in [0.1, 0.15) is 10.4 Å². The Bertz CT molecular complexity index is 1200. The molecule has 32 heavy (non-hydrogen) atoms. The number of nitrogens with zero attached hydrogens (tertiary/aromatic N) is 2. The third-order valence-electron chi connectivity index (χ3n) is 4.17. The summed E-state index contributed by atoms with van der Waals surface area (Å²) in [4.78, 5) is 19.6. The fraction of sp³-hybridized carbons (Fsp3) is 0.150. The van der Waals surface area contributed by atoms with E-state index in [2.05, 4.69) is 14.7 Å². The van der Waals surface area contributed by atoms with E-state index >= 15 is 0 Å². The van der Waals surface area contributed by atoms with Gasteiger partial charge >= 0.3 is 6.18 Å². The lowest BCUT2D eigenvalue weighted by Gasteiger charge is -2.10. The first kappa shape index (κ1) is 23.0. The smallest absolute Gasteiger partial charge is 0.405 e. The first-order valence-corrected chi connectivity index (χ1v) is 10.5. The number of rotatable bonds is 7. The van der Waals surface area contributed by atoms with E-state index in [-0.39, 0.29) is 16.3 Å². The molecule has 3 rings (SSSR count). The van der Waals surface area contributed by atoms with E-state index in [1.54, 1.807) is 29.6 Å². The van der Waals surface area contributed by atoms with Crippen LogP contribution in [0.5, 0.6) is 5.75 Å². The number of methoxy groups -OCH3 is 1. The molecular formula is C20H17F3N4O4S. The van der Waals surface area contributed by atoms with Gasteiger partial charge in [-0.15, -0.1) is 0 Å². The van der Waals surface area contributed by atoms with Crippen molar-refractivity contribution in [2.45, 2.75) is 11.1 Å². The Kier molecular flexibility index (Phi) is 6.63. The molecule has 1 amide bonds. The maximum atomic E-state index is 12.6. The van der Waals surface area contributed by atoms with Crippen molar-refractivity contribution in [3.05, 3.63) is 66.5 Å². The van der Waals surface area contributed by atoms with Gasteiger partial charge in [0.15, 0.2) is 0 Å². The minimum atomic E-state index is -4.55. The summed E-state index contributed by atoms with van der Waals surface area (Å²) in [6, 6.07) is 12.8. The van der Waals surface area contributed by atoms with E-state index in [9.17, 15) is 26.4 Å². The van der Waals surface area contributed by atoms with Gasteiger partial charge in [0.1, 0.15) is 24.4 Å². The normalized spacial score (nSPS) is 11.6. The zero-order chi connectivity index (χ0) is 23.4. The number of amides is 1. The number of carbonyl (C=O) groups is 1. The van der Waals surface area contributed by atoms with E-state index in [1.165, 1.54) is 19.5 Å². The van der Waals surface area contributed by atoms with Gasteiger partial charge in [-0.05, 0) is 48.5 Å². The summed E-state index contributed by atoms with van der Waals surface area (Å²) in [5.41, 5.74) is 1.07. The van der Waals surface area contributed by atoms with Crippen molar-refractivity contribution < 1.29 is 31.1 Å². The Labute approximate surface area is 181 Å². The number of carbonyl (C=O) groups excluding carboxylic acids is 1. The Morgan fingerprint density at radius 2 is 1.69 bits per heavy atom. The fourth-order valence-electron chi connectivity index (χ4n) is 2.60. The molecule has 168 valence electrons. The summed E-state index contributed by atoms with van der Waals surface area (Å²) >= 11 is 0. The van der Waals surface area contributed by atoms with Crippen LogP contribution in [0, 0.1) is 0 Å². The van der Waals surface area contributed by atoms with Gasteiger partial charge in [0.05, 0.1) is 17.7 Å². The molecule has 2 N–H and O–H groups in total. The lowest BCUT2D eigenvalue weighted by Crippen LogP contribution is -2.33. The number of aromatic nitrogens is 2. The Morgan fingerprint density at radius 1 is 1.03 bits per heavy atom. The molecule has 0 atom stereocenters. The molecule has 8 nitrogen and oxygen atoms in total. The van der Waals surface area contributed by atoms with Crippen molar-refractivity contribution in [2.24, 2.45) is 0 Å². The van der Waals surface area contributed by atoms with Crippen molar-refractivity contribution in [1.29, 1.82) is 0 Å². The van der Waals surface area contributed by atoms with E-state index in [0.29, 0.717) is 17.0 Å². The second-order valence-electron chi connectivity index (χ2n) is 6.44. The van der Waals surface area contributed by atoms with Gasteiger partial charge in [-0.1, -0.05) is 0 Å². The quantitative estimate of drug-likeness (QED) is 0.553. The summed E-state index contributed by atoms with van der Waals surface area (Å²) in [6.07, 6.45) is -3.35. The van der Waals surface area contributed by atoms with Crippen LogP contribution in [-0.4, -0.2) is 44.1 Å². The molecule has 0 spiro atoms. The molecule has 0 saturated carbocycles. The van der Waals surface area contributed by atoms with Crippen LogP contribution >= 0.6 is 0 Å². The summed E-state index contributed by atoms with van der Waals surface area (Å²) in [5.74, 6) is -0.309. The second kappa shape index (κ2) is 9.22. The van der Waals surface area contributed by atoms with E-state index < -0.39 is 28.7 Å². The zero-order valence-corrected chi connectivity index (χ0v) is 17.4. The van der Waals surface area contributed by atoms with Crippen molar-refractivity contribution in [1.82, 2.24) is 15.3 Å². The summed E-state index contributed by atoms with van der Waals surface area (Å²) in [7, 11) is -2.54. The number of halogens is 3. The molecule has 0 aliphatic carbocycles. The number of benzene rings is 2. The van der Waals surface area contributed by atoms with E-state index in [0.717, 1.165) is 24.3 Å². The van der Waals surface area contributed by atoms with Crippen LogP contribution in [0.2, 0.25) is 0 Å². The molecule has 0 saturated heterocycles. The average molecular weight is 466 g/mol. The monoisotopic (exact) mass is 466 g/mol. The first-order chi connectivity index (χ1) is 15.1. The standard InChI is InChI=1S/C20H17F3N4O4S/c1-31-15-6-2-13(3-7-15)17-10-18(26-12-25-17)27-32(29,30)16-8-4-14(5-9-16)19(28)24-11-20(21,22)23/h2-10,12H,11H2,1H3,(H,24,28)(H,25,26,27). The first-order valence-electron chi connectivity index (χ1n) is 9.02. The third-order valence-corrected chi connectivity index (χ3v) is 5.54. The number of nitrogens with one attached hydrogen (secondary N) is 2. The molecule has 2 aromatic carbocycles. The minimum absolute atomic E-state index is 0.0119.